The van der Waals surface area contributed by atoms with Gasteiger partial charge in [0.2, 0.25) is 0 Å². The minimum absolute atomic E-state index is 0.179. The first-order valence-electron chi connectivity index (χ1n) is 8.11. The fourth-order valence-corrected chi connectivity index (χ4v) is 2.31. The number of carbonyl (C=O) groups excluding carboxylic acids is 1. The van der Waals surface area contributed by atoms with Crippen LogP contribution in [0, 0.1) is 13.0 Å². The second kappa shape index (κ2) is 13.9. The Balaban J connectivity index is 3.01. The van der Waals surface area contributed by atoms with Crippen LogP contribution >= 0.6 is 0 Å². The summed E-state index contributed by atoms with van der Waals surface area (Å²) in [5.41, 5.74) is 0. The first kappa shape index (κ1) is 18.5. The highest BCUT2D eigenvalue weighted by Gasteiger charge is 1.99. The van der Waals surface area contributed by atoms with E-state index in [0.717, 1.165) is 18.8 Å². The van der Waals surface area contributed by atoms with Gasteiger partial charge in [-0.3, -0.25) is 4.79 Å². The van der Waals surface area contributed by atoms with Crippen molar-refractivity contribution in [3.63, 3.8) is 0 Å². The lowest BCUT2D eigenvalue weighted by molar-refractivity contribution is -0.138. The van der Waals surface area contributed by atoms with Gasteiger partial charge in [0.15, 0.2) is 0 Å². The van der Waals surface area contributed by atoms with E-state index in [1.165, 1.54) is 57.8 Å². The second-order valence-electron chi connectivity index (χ2n) is 5.98. The number of unbranched alkanes of at least 4 members (excludes halogenated alkanes) is 9. The van der Waals surface area contributed by atoms with Crippen LogP contribution in [-0.4, -0.2) is 5.97 Å². The van der Waals surface area contributed by atoms with Gasteiger partial charge in [0.1, 0.15) is 7.11 Å². The third-order valence-electron chi connectivity index (χ3n) is 3.57. The molecule has 0 rings (SSSR count). The molecule has 2 nitrogen and oxygen atoms in total. The van der Waals surface area contributed by atoms with Crippen LogP contribution in [0.25, 0.3) is 0 Å². The lowest BCUT2D eigenvalue weighted by Gasteiger charge is -2.04. The van der Waals surface area contributed by atoms with Crippen LogP contribution in [0.5, 0.6) is 0 Å². The van der Waals surface area contributed by atoms with Gasteiger partial charge in [-0.2, -0.15) is 0 Å². The van der Waals surface area contributed by atoms with E-state index in [1.807, 2.05) is 0 Å². The largest absolute Gasteiger partial charge is 0.462 e. The smallest absolute Gasteiger partial charge is 0.305 e. The molecule has 0 saturated carbocycles. The molecule has 0 aromatic heterocycles. The first-order chi connectivity index (χ1) is 9.16. The van der Waals surface area contributed by atoms with Crippen molar-refractivity contribution in [1.29, 1.82) is 0 Å². The molecule has 0 aromatic carbocycles. The summed E-state index contributed by atoms with van der Waals surface area (Å²) in [6, 6.07) is 0. The Morgan fingerprint density at radius 2 is 1.26 bits per heavy atom. The summed E-state index contributed by atoms with van der Waals surface area (Å²) in [7, 11) is 3.12. The molecule has 0 fully saturated rings. The number of rotatable bonds is 13. The van der Waals surface area contributed by atoms with Gasteiger partial charge in [-0.1, -0.05) is 78.1 Å². The third-order valence-corrected chi connectivity index (χ3v) is 3.57. The summed E-state index contributed by atoms with van der Waals surface area (Å²) in [5.74, 6) is 0.683. The maximum Gasteiger partial charge on any atom is 0.305 e. The van der Waals surface area contributed by atoms with E-state index < -0.39 is 0 Å². The molecule has 0 N–H and O–H groups in total. The van der Waals surface area contributed by atoms with Crippen molar-refractivity contribution >= 4 is 5.97 Å². The summed E-state index contributed by atoms with van der Waals surface area (Å²) < 4.78 is 4.37. The van der Waals surface area contributed by atoms with Crippen molar-refractivity contribution in [2.75, 3.05) is 0 Å². The van der Waals surface area contributed by atoms with Gasteiger partial charge in [0.05, 0.1) is 0 Å². The Labute approximate surface area is 120 Å². The minimum atomic E-state index is -0.179. The normalized spacial score (nSPS) is 10.9. The van der Waals surface area contributed by atoms with Gasteiger partial charge in [0.25, 0.3) is 0 Å². The Morgan fingerprint density at radius 1 is 0.842 bits per heavy atom. The molecule has 0 heterocycles. The monoisotopic (exact) mass is 269 g/mol. The maximum atomic E-state index is 10.8. The number of esters is 1. The molecule has 113 valence electrons. The zero-order valence-corrected chi connectivity index (χ0v) is 13.1. The quantitative estimate of drug-likeness (QED) is 0.318. The molecule has 0 unspecified atom stereocenters. The van der Waals surface area contributed by atoms with Crippen LogP contribution in [0.2, 0.25) is 0 Å². The Kier molecular flexibility index (Phi) is 13.5. The number of hydrogen-bond donors (Lipinski definition) is 0. The Morgan fingerprint density at radius 3 is 1.68 bits per heavy atom. The predicted octanol–water partition coefficient (Wildman–Crippen LogP) is 5.66. The zero-order valence-electron chi connectivity index (χ0n) is 13.1. The van der Waals surface area contributed by atoms with Crippen molar-refractivity contribution in [2.45, 2.75) is 90.9 Å². The highest BCUT2D eigenvalue weighted by Crippen LogP contribution is 2.13. The Hall–Kier alpha value is -0.530. The minimum Gasteiger partial charge on any atom is -0.462 e. The average molecular weight is 269 g/mol. The van der Waals surface area contributed by atoms with Crippen molar-refractivity contribution in [1.82, 2.24) is 0 Å². The van der Waals surface area contributed by atoms with Crippen LogP contribution in [0.4, 0.5) is 0 Å². The topological polar surface area (TPSA) is 26.3 Å². The van der Waals surface area contributed by atoms with Crippen molar-refractivity contribution in [2.24, 2.45) is 5.92 Å². The van der Waals surface area contributed by atoms with Crippen LogP contribution in [0.15, 0.2) is 0 Å². The maximum absolute atomic E-state index is 10.8. The van der Waals surface area contributed by atoms with Gasteiger partial charge in [-0.25, -0.2) is 0 Å². The molecule has 0 aliphatic rings. The summed E-state index contributed by atoms with van der Waals surface area (Å²) in [6.07, 6.45) is 14.9. The summed E-state index contributed by atoms with van der Waals surface area (Å²) in [4.78, 5) is 10.8. The second-order valence-corrected chi connectivity index (χ2v) is 5.98. The molecule has 1 radical (unpaired) electrons. The number of hydrogen-bond acceptors (Lipinski definition) is 2. The van der Waals surface area contributed by atoms with E-state index in [4.69, 9.17) is 0 Å². The molecule has 0 atom stereocenters. The average Bonchev–Trinajstić information content (AvgIpc) is 2.39. The highest BCUT2D eigenvalue weighted by atomic mass is 16.5. The molecule has 0 amide bonds. The van der Waals surface area contributed by atoms with Crippen LogP contribution < -0.4 is 0 Å². The summed E-state index contributed by atoms with van der Waals surface area (Å²) >= 11 is 0. The molecule has 19 heavy (non-hydrogen) atoms. The highest BCUT2D eigenvalue weighted by molar-refractivity contribution is 5.69. The molecule has 0 saturated heterocycles. The van der Waals surface area contributed by atoms with Gasteiger partial charge in [-0.05, 0) is 12.3 Å². The number of ether oxygens (including phenoxy) is 1. The van der Waals surface area contributed by atoms with Crippen molar-refractivity contribution < 1.29 is 9.53 Å². The van der Waals surface area contributed by atoms with E-state index in [0.29, 0.717) is 6.42 Å². The van der Waals surface area contributed by atoms with Gasteiger partial charge in [-0.15, -0.1) is 0 Å². The Bertz CT molecular complexity index is 199. The zero-order chi connectivity index (χ0) is 14.3. The van der Waals surface area contributed by atoms with Gasteiger partial charge >= 0.3 is 5.97 Å². The first-order valence-corrected chi connectivity index (χ1v) is 8.11. The van der Waals surface area contributed by atoms with E-state index in [-0.39, 0.29) is 5.97 Å². The third kappa shape index (κ3) is 15.4. The molecule has 0 aliphatic heterocycles. The molecule has 0 aliphatic carbocycles. The van der Waals surface area contributed by atoms with Gasteiger partial charge in [0, 0.05) is 6.42 Å². The summed E-state index contributed by atoms with van der Waals surface area (Å²) in [5, 5.41) is 0. The van der Waals surface area contributed by atoms with Gasteiger partial charge < -0.3 is 4.74 Å². The number of carbonyl (C=O) groups is 1. The molecular formula is C17H33O2. The van der Waals surface area contributed by atoms with Crippen LogP contribution in [0.3, 0.4) is 0 Å². The molecule has 0 aromatic rings. The van der Waals surface area contributed by atoms with Crippen LogP contribution in [0.1, 0.15) is 90.9 Å². The van der Waals surface area contributed by atoms with E-state index in [1.54, 1.807) is 0 Å². The van der Waals surface area contributed by atoms with E-state index in [2.05, 4.69) is 25.7 Å². The lowest BCUT2D eigenvalue weighted by Crippen LogP contribution is -1.97. The standard InChI is InChI=1S/C17H33O2/c1-16(2)14-12-10-8-6-4-5-7-9-11-13-15-17(18)19-3/h16H,3-15H2,1-2H3. The van der Waals surface area contributed by atoms with E-state index in [9.17, 15) is 4.79 Å². The fraction of sp³-hybridized carbons (Fsp3) is 0.882. The van der Waals surface area contributed by atoms with Crippen molar-refractivity contribution in [3.8, 4) is 0 Å². The fourth-order valence-electron chi connectivity index (χ4n) is 2.31. The molecule has 2 heteroatoms. The van der Waals surface area contributed by atoms with E-state index >= 15 is 0 Å². The van der Waals surface area contributed by atoms with Crippen LogP contribution in [-0.2, 0) is 9.53 Å². The SMILES string of the molecule is [CH2]OC(=O)CCCCCCCCCCCCC(C)C. The molecule has 0 bridgehead atoms. The summed E-state index contributed by atoms with van der Waals surface area (Å²) in [6.45, 7) is 4.60. The molecular weight excluding hydrogens is 236 g/mol. The molecule has 0 spiro atoms. The van der Waals surface area contributed by atoms with Crippen molar-refractivity contribution in [3.05, 3.63) is 7.11 Å². The lowest BCUT2D eigenvalue weighted by atomic mass is 10.0. The predicted molar refractivity (Wildman–Crippen MR) is 81.7 cm³/mol.